The molecule has 0 aromatic carbocycles. The first-order valence-electron chi connectivity index (χ1n) is 4.48. The summed E-state index contributed by atoms with van der Waals surface area (Å²) in [5.41, 5.74) is 0.917. The number of rotatable bonds is 1. The minimum atomic E-state index is -2.83. The Hall–Kier alpha value is -0.360. The second-order valence-corrected chi connectivity index (χ2v) is 6.64. The second kappa shape index (κ2) is 3.66. The van der Waals surface area contributed by atoms with Crippen LogP contribution in [0.3, 0.4) is 0 Å². The number of halogens is 1. The summed E-state index contributed by atoms with van der Waals surface area (Å²) in [6.45, 7) is 0. The smallest absolute Gasteiger partial charge is 0.150 e. The third-order valence-electron chi connectivity index (χ3n) is 2.47. The van der Waals surface area contributed by atoms with Gasteiger partial charge in [0.25, 0.3) is 0 Å². The van der Waals surface area contributed by atoms with E-state index in [4.69, 9.17) is 0 Å². The lowest BCUT2D eigenvalue weighted by Crippen LogP contribution is -2.23. The molecule has 0 aliphatic carbocycles. The Kier molecular flexibility index (Phi) is 2.66. The third kappa shape index (κ3) is 2.17. The quantitative estimate of drug-likeness (QED) is 0.846. The van der Waals surface area contributed by atoms with Gasteiger partial charge in [-0.25, -0.2) is 8.42 Å². The minimum Gasteiger partial charge on any atom is -0.281 e. The van der Waals surface area contributed by atoms with Crippen LogP contribution in [-0.2, 0) is 9.84 Å². The molecule has 1 fully saturated rings. The Labute approximate surface area is 91.1 Å². The van der Waals surface area contributed by atoms with E-state index in [2.05, 4.69) is 26.1 Å². The van der Waals surface area contributed by atoms with Crippen LogP contribution < -0.4 is 0 Å². The van der Waals surface area contributed by atoms with Crippen molar-refractivity contribution >= 4 is 25.8 Å². The van der Waals surface area contributed by atoms with Gasteiger partial charge in [-0.1, -0.05) is 0 Å². The molecule has 0 spiro atoms. The van der Waals surface area contributed by atoms with E-state index in [-0.39, 0.29) is 11.7 Å². The van der Waals surface area contributed by atoms with Gasteiger partial charge in [0.2, 0.25) is 0 Å². The van der Waals surface area contributed by atoms with Crippen molar-refractivity contribution in [3.63, 3.8) is 0 Å². The lowest BCUT2D eigenvalue weighted by atomic mass is 10.0. The topological polar surface area (TPSA) is 62.8 Å². The molecule has 0 amide bonds. The van der Waals surface area contributed by atoms with Gasteiger partial charge in [-0.05, 0) is 34.8 Å². The Morgan fingerprint density at radius 3 is 2.93 bits per heavy atom. The molecule has 1 aromatic rings. The summed E-state index contributed by atoms with van der Waals surface area (Å²) >= 11 is 3.24. The summed E-state index contributed by atoms with van der Waals surface area (Å²) in [6, 6.07) is 1.85. The minimum absolute atomic E-state index is 0.0903. The Bertz CT molecular complexity index is 426. The molecule has 78 valence electrons. The van der Waals surface area contributed by atoms with Crippen molar-refractivity contribution in [3.8, 4) is 0 Å². The maximum absolute atomic E-state index is 11.4. The molecular formula is C8H11BrN2O2S. The van der Waals surface area contributed by atoms with Crippen LogP contribution in [0, 0.1) is 0 Å². The SMILES string of the molecule is O=S1(=O)CCCC(c2cc(Br)n[nH]2)C1. The predicted molar refractivity (Wildman–Crippen MR) is 56.9 cm³/mol. The molecular weight excluding hydrogens is 268 g/mol. The van der Waals surface area contributed by atoms with Gasteiger partial charge in [0.1, 0.15) is 4.60 Å². The van der Waals surface area contributed by atoms with Gasteiger partial charge in [-0.15, -0.1) is 0 Å². The van der Waals surface area contributed by atoms with E-state index in [0.29, 0.717) is 5.75 Å². The van der Waals surface area contributed by atoms with E-state index in [0.717, 1.165) is 23.1 Å². The number of sulfone groups is 1. The van der Waals surface area contributed by atoms with Crippen LogP contribution >= 0.6 is 15.9 Å². The first-order valence-corrected chi connectivity index (χ1v) is 7.09. The Balaban J connectivity index is 2.20. The van der Waals surface area contributed by atoms with Crippen molar-refractivity contribution < 1.29 is 8.42 Å². The zero-order chi connectivity index (χ0) is 10.2. The van der Waals surface area contributed by atoms with Crippen LogP contribution in [0.25, 0.3) is 0 Å². The monoisotopic (exact) mass is 278 g/mol. The van der Waals surface area contributed by atoms with Crippen LogP contribution in [0.15, 0.2) is 10.7 Å². The van der Waals surface area contributed by atoms with Gasteiger partial charge >= 0.3 is 0 Å². The molecule has 1 aliphatic heterocycles. The fourth-order valence-corrected chi connectivity index (χ4v) is 3.86. The van der Waals surface area contributed by atoms with Gasteiger partial charge in [0, 0.05) is 11.6 Å². The van der Waals surface area contributed by atoms with Gasteiger partial charge in [-0.3, -0.25) is 5.10 Å². The van der Waals surface area contributed by atoms with E-state index < -0.39 is 9.84 Å². The third-order valence-corrected chi connectivity index (χ3v) is 4.70. The first kappa shape index (κ1) is 10.2. The number of hydrogen-bond acceptors (Lipinski definition) is 3. The summed E-state index contributed by atoms with van der Waals surface area (Å²) in [6.07, 6.45) is 1.68. The maximum atomic E-state index is 11.4. The standard InChI is InChI=1S/C8H11BrN2O2S/c9-8-4-7(10-11-8)6-2-1-3-14(12,13)5-6/h4,6H,1-3,5H2,(H,10,11). The molecule has 2 rings (SSSR count). The largest absolute Gasteiger partial charge is 0.281 e. The summed E-state index contributed by atoms with van der Waals surface area (Å²) in [7, 11) is -2.83. The van der Waals surface area contributed by atoms with Crippen molar-refractivity contribution in [2.45, 2.75) is 18.8 Å². The predicted octanol–water partition coefficient (Wildman–Crippen LogP) is 1.46. The van der Waals surface area contributed by atoms with Gasteiger partial charge in [0.05, 0.1) is 11.5 Å². The Morgan fingerprint density at radius 1 is 1.57 bits per heavy atom. The lowest BCUT2D eigenvalue weighted by Gasteiger charge is -2.20. The van der Waals surface area contributed by atoms with Crippen molar-refractivity contribution in [2.75, 3.05) is 11.5 Å². The van der Waals surface area contributed by atoms with Crippen LogP contribution in [-0.4, -0.2) is 30.1 Å². The summed E-state index contributed by atoms with van der Waals surface area (Å²) in [5.74, 6) is 0.674. The molecule has 1 aliphatic rings. The zero-order valence-corrected chi connectivity index (χ0v) is 9.94. The molecule has 1 aromatic heterocycles. The number of H-pyrrole nitrogens is 1. The van der Waals surface area contributed by atoms with Crippen LogP contribution in [0.2, 0.25) is 0 Å². The maximum Gasteiger partial charge on any atom is 0.150 e. The van der Waals surface area contributed by atoms with Crippen LogP contribution in [0.5, 0.6) is 0 Å². The van der Waals surface area contributed by atoms with Gasteiger partial charge in [-0.2, -0.15) is 5.10 Å². The van der Waals surface area contributed by atoms with Crippen molar-refractivity contribution in [3.05, 3.63) is 16.4 Å². The average molecular weight is 279 g/mol. The fraction of sp³-hybridized carbons (Fsp3) is 0.625. The van der Waals surface area contributed by atoms with Crippen LogP contribution in [0.4, 0.5) is 0 Å². The summed E-state index contributed by atoms with van der Waals surface area (Å²) < 4.78 is 23.5. The zero-order valence-electron chi connectivity index (χ0n) is 7.53. The normalized spacial score (nSPS) is 26.2. The second-order valence-electron chi connectivity index (χ2n) is 3.60. The average Bonchev–Trinajstić information content (AvgIpc) is 2.50. The number of nitrogens with one attached hydrogen (secondary N) is 1. The molecule has 1 saturated heterocycles. The van der Waals surface area contributed by atoms with E-state index in [1.165, 1.54) is 0 Å². The van der Waals surface area contributed by atoms with Gasteiger partial charge < -0.3 is 0 Å². The van der Waals surface area contributed by atoms with Crippen molar-refractivity contribution in [1.82, 2.24) is 10.2 Å². The van der Waals surface area contributed by atoms with E-state index in [1.807, 2.05) is 6.07 Å². The highest BCUT2D eigenvalue weighted by Crippen LogP contribution is 2.27. The van der Waals surface area contributed by atoms with E-state index >= 15 is 0 Å². The number of aromatic nitrogens is 2. The van der Waals surface area contributed by atoms with E-state index in [9.17, 15) is 8.42 Å². The molecule has 14 heavy (non-hydrogen) atoms. The molecule has 0 radical (unpaired) electrons. The van der Waals surface area contributed by atoms with Gasteiger partial charge in [0.15, 0.2) is 9.84 Å². The molecule has 1 N–H and O–H groups in total. The van der Waals surface area contributed by atoms with Crippen LogP contribution in [0.1, 0.15) is 24.5 Å². The molecule has 0 saturated carbocycles. The molecule has 2 heterocycles. The highest BCUT2D eigenvalue weighted by molar-refractivity contribution is 9.10. The highest BCUT2D eigenvalue weighted by atomic mass is 79.9. The fourth-order valence-electron chi connectivity index (χ4n) is 1.79. The molecule has 1 atom stereocenters. The Morgan fingerprint density at radius 2 is 2.36 bits per heavy atom. The first-order chi connectivity index (χ1) is 6.57. The number of aromatic amines is 1. The molecule has 0 bridgehead atoms. The lowest BCUT2D eigenvalue weighted by molar-refractivity contribution is 0.549. The summed E-state index contributed by atoms with van der Waals surface area (Å²) in [5, 5.41) is 6.79. The summed E-state index contributed by atoms with van der Waals surface area (Å²) in [4.78, 5) is 0. The number of nitrogens with zero attached hydrogens (tertiary/aromatic N) is 1. The highest BCUT2D eigenvalue weighted by Gasteiger charge is 2.26. The molecule has 6 heteroatoms. The number of hydrogen-bond donors (Lipinski definition) is 1. The van der Waals surface area contributed by atoms with Crippen molar-refractivity contribution in [2.24, 2.45) is 0 Å². The molecule has 1 unspecified atom stereocenters. The van der Waals surface area contributed by atoms with E-state index in [1.54, 1.807) is 0 Å². The van der Waals surface area contributed by atoms with Crippen molar-refractivity contribution in [1.29, 1.82) is 0 Å². The molecule has 4 nitrogen and oxygen atoms in total.